The predicted octanol–water partition coefficient (Wildman–Crippen LogP) is 4.66. The second kappa shape index (κ2) is 17.0. The topological polar surface area (TPSA) is 36.9 Å². The van der Waals surface area contributed by atoms with Crippen molar-refractivity contribution in [1.82, 2.24) is 0 Å². The van der Waals surface area contributed by atoms with Gasteiger partial charge in [0.05, 0.1) is 31.6 Å². The molecule has 2 heterocycles. The Morgan fingerprint density at radius 2 is 1.07 bits per heavy atom. The van der Waals surface area contributed by atoms with E-state index in [4.69, 9.17) is 18.9 Å². The quantitative estimate of drug-likeness (QED) is 0.185. The minimum Gasteiger partial charge on any atom is -1.00 e. The molecule has 0 saturated carbocycles. The summed E-state index contributed by atoms with van der Waals surface area (Å²) in [6.07, 6.45) is 8.83. The van der Waals surface area contributed by atoms with Crippen LogP contribution in [0.3, 0.4) is 0 Å². The maximum atomic E-state index is 6.15. The summed E-state index contributed by atoms with van der Waals surface area (Å²) in [4.78, 5) is 0. The van der Waals surface area contributed by atoms with Gasteiger partial charge in [0.2, 0.25) is 0 Å². The fourth-order valence-corrected chi connectivity index (χ4v) is 9.81. The van der Waals surface area contributed by atoms with Crippen molar-refractivity contribution in [3.63, 3.8) is 0 Å². The summed E-state index contributed by atoms with van der Waals surface area (Å²) in [5.74, 6) is -0.845. The minimum atomic E-state index is -1.78. The molecule has 3 aromatic rings. The molecule has 2 saturated heterocycles. The maximum absolute atomic E-state index is 6.15. The molecule has 0 bridgehead atoms. The first kappa shape index (κ1) is 36.6. The van der Waals surface area contributed by atoms with E-state index in [0.29, 0.717) is 6.61 Å². The van der Waals surface area contributed by atoms with Crippen molar-refractivity contribution in [2.75, 3.05) is 19.4 Å². The Morgan fingerprint density at radius 3 is 1.43 bits per heavy atom. The van der Waals surface area contributed by atoms with Crippen LogP contribution in [0.25, 0.3) is 0 Å². The normalized spacial score (nSPS) is 20.7. The van der Waals surface area contributed by atoms with Gasteiger partial charge in [0.15, 0.2) is 11.6 Å². The lowest BCUT2D eigenvalue weighted by Gasteiger charge is -2.28. The van der Waals surface area contributed by atoms with Gasteiger partial charge in [0, 0.05) is 6.42 Å². The van der Waals surface area contributed by atoms with Crippen LogP contribution in [0.5, 0.6) is 0 Å². The lowest BCUT2D eigenvalue weighted by molar-refractivity contribution is -0.138. The number of hydrogen-bond acceptors (Lipinski definition) is 4. The Balaban J connectivity index is 0.000000375. The Kier molecular flexibility index (Phi) is 14.8. The zero-order valence-electron chi connectivity index (χ0n) is 25.2. The third-order valence-electron chi connectivity index (χ3n) is 7.31. The van der Waals surface area contributed by atoms with E-state index in [1.54, 1.807) is 0 Å². The van der Waals surface area contributed by atoms with Gasteiger partial charge in [0.25, 0.3) is 0 Å². The zero-order valence-corrected chi connectivity index (χ0v) is 28.2. The first-order chi connectivity index (χ1) is 19.2. The van der Waals surface area contributed by atoms with Gasteiger partial charge < -0.3 is 42.9 Å². The van der Waals surface area contributed by atoms with E-state index in [9.17, 15) is 0 Å². The standard InChI is InChI=1S/C25H28O2P.C10H18O2.CH4.HI/c1-25(2)26-20-21(27-25)18-19-28(22-12-6-3-7-13-22,23-14-8-4-9-15-23)24-16-10-5-11-17-24;1-4-5-6-7-9-8-11-10(2,3)12-9;;/h3-17,21H,18-20H2,1-2H3;5-6,9H,4,7-8H2,1-3H3;1H4;1H/q+1;;;/p-1/b;6-5-;;/t21-;9-;;/m00../s1. The van der Waals surface area contributed by atoms with Crippen molar-refractivity contribution >= 4 is 23.2 Å². The number of allylic oxidation sites excluding steroid dienone is 1. The SMILES string of the molecule is C.CC/C=C\C[C@H]1COC(C)(C)O1.CC1(C)OC[C@H](CC[P+](c2ccccc2)(c2ccccc2)c2ccccc2)O1.[I-]. The van der Waals surface area contributed by atoms with Crippen molar-refractivity contribution in [2.24, 2.45) is 0 Å². The van der Waals surface area contributed by atoms with Gasteiger partial charge in [-0.3, -0.25) is 0 Å². The Labute approximate surface area is 272 Å². The number of rotatable bonds is 9. The molecule has 0 aliphatic carbocycles. The molecule has 0 unspecified atom stereocenters. The van der Waals surface area contributed by atoms with Crippen LogP contribution in [-0.4, -0.2) is 43.2 Å². The van der Waals surface area contributed by atoms with Crippen molar-refractivity contribution in [2.45, 2.75) is 85.1 Å². The second-order valence-electron chi connectivity index (χ2n) is 11.3. The highest BCUT2D eigenvalue weighted by Gasteiger charge is 2.46. The van der Waals surface area contributed by atoms with E-state index in [0.717, 1.165) is 32.0 Å². The lowest BCUT2D eigenvalue weighted by atomic mass is 10.2. The van der Waals surface area contributed by atoms with Gasteiger partial charge in [-0.15, -0.1) is 0 Å². The van der Waals surface area contributed by atoms with E-state index in [-0.39, 0.29) is 49.4 Å². The van der Waals surface area contributed by atoms with E-state index in [1.807, 2.05) is 27.7 Å². The van der Waals surface area contributed by atoms with Crippen LogP contribution >= 0.6 is 7.26 Å². The fourth-order valence-electron chi connectivity index (χ4n) is 5.42. The zero-order chi connectivity index (χ0) is 28.5. The molecule has 0 N–H and O–H groups in total. The molecule has 42 heavy (non-hydrogen) atoms. The molecule has 6 heteroatoms. The van der Waals surface area contributed by atoms with Crippen molar-refractivity contribution < 1.29 is 42.9 Å². The van der Waals surface area contributed by atoms with Gasteiger partial charge in [-0.2, -0.15) is 0 Å². The molecule has 0 amide bonds. The molecular weight excluding hydrogens is 654 g/mol. The summed E-state index contributed by atoms with van der Waals surface area (Å²) in [6, 6.07) is 33.0. The smallest absolute Gasteiger partial charge is 0.163 e. The van der Waals surface area contributed by atoms with Crippen molar-refractivity contribution in [3.8, 4) is 0 Å². The highest BCUT2D eigenvalue weighted by molar-refractivity contribution is 7.95. The molecular formula is C36H50IO4P. The Bertz CT molecular complexity index is 1090. The summed E-state index contributed by atoms with van der Waals surface area (Å²) in [5.41, 5.74) is 0. The van der Waals surface area contributed by atoms with Crippen molar-refractivity contribution in [3.05, 3.63) is 103 Å². The number of benzene rings is 3. The molecule has 0 spiro atoms. The number of halogens is 1. The molecule has 2 aliphatic rings. The summed E-state index contributed by atoms with van der Waals surface area (Å²) >= 11 is 0. The first-order valence-electron chi connectivity index (χ1n) is 14.6. The highest BCUT2D eigenvalue weighted by Crippen LogP contribution is 2.56. The van der Waals surface area contributed by atoms with Gasteiger partial charge in [0.1, 0.15) is 23.2 Å². The van der Waals surface area contributed by atoms with Crippen molar-refractivity contribution in [1.29, 1.82) is 0 Å². The van der Waals surface area contributed by atoms with Gasteiger partial charge >= 0.3 is 0 Å². The Hall–Kier alpha value is -1.60. The van der Waals surface area contributed by atoms with Crippen LogP contribution in [0.4, 0.5) is 0 Å². The van der Waals surface area contributed by atoms with Gasteiger partial charge in [-0.05, 0) is 76.9 Å². The monoisotopic (exact) mass is 704 g/mol. The largest absolute Gasteiger partial charge is 1.00 e. The number of hydrogen-bond donors (Lipinski definition) is 0. The Morgan fingerprint density at radius 1 is 0.667 bits per heavy atom. The third kappa shape index (κ3) is 9.97. The summed E-state index contributed by atoms with van der Waals surface area (Å²) in [7, 11) is -1.78. The van der Waals surface area contributed by atoms with E-state index >= 15 is 0 Å². The molecule has 3 aromatic carbocycles. The third-order valence-corrected chi connectivity index (χ3v) is 11.8. The molecule has 0 aromatic heterocycles. The minimum absolute atomic E-state index is 0. The molecule has 2 atom stereocenters. The van der Waals surface area contributed by atoms with E-state index < -0.39 is 13.0 Å². The average molecular weight is 705 g/mol. The molecule has 5 rings (SSSR count). The van der Waals surface area contributed by atoms with Crippen LogP contribution < -0.4 is 39.9 Å². The van der Waals surface area contributed by atoms with Crippen LogP contribution in [0.2, 0.25) is 0 Å². The molecule has 2 aliphatic heterocycles. The van der Waals surface area contributed by atoms with Gasteiger partial charge in [-0.25, -0.2) is 0 Å². The lowest BCUT2D eigenvalue weighted by Crippen LogP contribution is -3.00. The van der Waals surface area contributed by atoms with Crippen LogP contribution in [0.1, 0.15) is 61.3 Å². The second-order valence-corrected chi connectivity index (χ2v) is 15.0. The van der Waals surface area contributed by atoms with E-state index in [2.05, 4.69) is 110 Å². The molecule has 2 fully saturated rings. The van der Waals surface area contributed by atoms with Gasteiger partial charge in [-0.1, -0.05) is 81.1 Å². The average Bonchev–Trinajstić information content (AvgIpc) is 3.51. The van der Waals surface area contributed by atoms with E-state index in [1.165, 1.54) is 15.9 Å². The maximum Gasteiger partial charge on any atom is 0.163 e. The summed E-state index contributed by atoms with van der Waals surface area (Å²) in [6.45, 7) is 11.4. The van der Waals surface area contributed by atoms with Crippen LogP contribution in [0.15, 0.2) is 103 Å². The fraction of sp³-hybridized carbons (Fsp3) is 0.444. The summed E-state index contributed by atoms with van der Waals surface area (Å²) < 4.78 is 23.0. The predicted molar refractivity (Wildman–Crippen MR) is 175 cm³/mol. The highest BCUT2D eigenvalue weighted by atomic mass is 127. The molecule has 0 radical (unpaired) electrons. The van der Waals surface area contributed by atoms with Crippen LogP contribution in [0, 0.1) is 0 Å². The van der Waals surface area contributed by atoms with Crippen LogP contribution in [-0.2, 0) is 18.9 Å². The summed E-state index contributed by atoms with van der Waals surface area (Å²) in [5, 5.41) is 4.27. The molecule has 230 valence electrons. The number of ether oxygens (including phenoxy) is 4. The molecule has 4 nitrogen and oxygen atoms in total. The first-order valence-corrected chi connectivity index (χ1v) is 16.5.